The monoisotopic (exact) mass is 212 g/mol. The second-order valence-electron chi connectivity index (χ2n) is 4.85. The normalized spacial score (nSPS) is 12.0. The van der Waals surface area contributed by atoms with E-state index in [0.717, 1.165) is 13.1 Å². The first kappa shape index (κ1) is 11.7. The summed E-state index contributed by atoms with van der Waals surface area (Å²) in [5.41, 5.74) is 0.422. The van der Waals surface area contributed by atoms with Crippen molar-refractivity contribution in [2.45, 2.75) is 40.7 Å². The van der Waals surface area contributed by atoms with Gasteiger partial charge in [0.05, 0.1) is 0 Å². The van der Waals surface area contributed by atoms with Gasteiger partial charge in [0.1, 0.15) is 5.01 Å². The Labute approximate surface area is 90.8 Å². The third-order valence-electron chi connectivity index (χ3n) is 2.00. The van der Waals surface area contributed by atoms with Gasteiger partial charge in [-0.1, -0.05) is 20.8 Å². The zero-order valence-electron chi connectivity index (χ0n) is 9.55. The molecule has 3 heteroatoms. The van der Waals surface area contributed by atoms with Crippen LogP contribution in [0.1, 0.15) is 37.1 Å². The first-order valence-corrected chi connectivity index (χ1v) is 5.91. The van der Waals surface area contributed by atoms with Crippen molar-refractivity contribution in [1.82, 2.24) is 10.3 Å². The Bertz CT molecular complexity index is 273. The van der Waals surface area contributed by atoms with E-state index in [-0.39, 0.29) is 0 Å². The fourth-order valence-electron chi connectivity index (χ4n) is 1.14. The van der Waals surface area contributed by atoms with Gasteiger partial charge in [-0.3, -0.25) is 0 Å². The molecule has 0 amide bonds. The zero-order chi connectivity index (χ0) is 10.6. The van der Waals surface area contributed by atoms with Gasteiger partial charge < -0.3 is 5.32 Å². The van der Waals surface area contributed by atoms with E-state index in [1.165, 1.54) is 16.3 Å². The van der Waals surface area contributed by atoms with Gasteiger partial charge in [0, 0.05) is 17.6 Å². The summed E-state index contributed by atoms with van der Waals surface area (Å²) in [6, 6.07) is 0. The van der Waals surface area contributed by atoms with E-state index in [0.29, 0.717) is 5.41 Å². The maximum Gasteiger partial charge on any atom is 0.107 e. The molecule has 0 spiro atoms. The topological polar surface area (TPSA) is 24.9 Å². The van der Waals surface area contributed by atoms with Gasteiger partial charge in [0.15, 0.2) is 0 Å². The minimum atomic E-state index is 0.422. The van der Waals surface area contributed by atoms with Crippen molar-refractivity contribution in [3.8, 4) is 0 Å². The summed E-state index contributed by atoms with van der Waals surface area (Å²) in [7, 11) is 0. The smallest absolute Gasteiger partial charge is 0.107 e. The molecule has 1 aromatic rings. The Hall–Kier alpha value is -0.410. The SMILES string of the molecule is Cc1cnc(CNCCC(C)(C)C)s1. The molecule has 1 aromatic heterocycles. The first-order chi connectivity index (χ1) is 6.47. The number of aromatic nitrogens is 1. The van der Waals surface area contributed by atoms with Crippen LogP contribution in [0.4, 0.5) is 0 Å². The number of thiazole rings is 1. The number of aryl methyl sites for hydroxylation is 1. The highest BCUT2D eigenvalue weighted by Crippen LogP contribution is 2.17. The molecular weight excluding hydrogens is 192 g/mol. The molecule has 80 valence electrons. The Morgan fingerprint density at radius 2 is 2.14 bits per heavy atom. The molecule has 1 heterocycles. The molecule has 0 bridgehead atoms. The average molecular weight is 212 g/mol. The van der Waals surface area contributed by atoms with Crippen molar-refractivity contribution in [2.24, 2.45) is 5.41 Å². The number of hydrogen-bond acceptors (Lipinski definition) is 3. The van der Waals surface area contributed by atoms with E-state index in [2.05, 4.69) is 38.0 Å². The van der Waals surface area contributed by atoms with Crippen molar-refractivity contribution < 1.29 is 0 Å². The fourth-order valence-corrected chi connectivity index (χ4v) is 1.90. The lowest BCUT2D eigenvalue weighted by molar-refractivity contribution is 0.366. The van der Waals surface area contributed by atoms with Gasteiger partial charge in [-0.2, -0.15) is 0 Å². The maximum absolute atomic E-state index is 4.31. The highest BCUT2D eigenvalue weighted by Gasteiger charge is 2.08. The van der Waals surface area contributed by atoms with Crippen molar-refractivity contribution in [3.63, 3.8) is 0 Å². The molecule has 0 aliphatic heterocycles. The fraction of sp³-hybridized carbons (Fsp3) is 0.727. The van der Waals surface area contributed by atoms with Crippen molar-refractivity contribution in [2.75, 3.05) is 6.54 Å². The first-order valence-electron chi connectivity index (χ1n) is 5.09. The van der Waals surface area contributed by atoms with Crippen LogP contribution >= 0.6 is 11.3 Å². The Morgan fingerprint density at radius 3 is 2.64 bits per heavy atom. The van der Waals surface area contributed by atoms with Crippen LogP contribution in [0, 0.1) is 12.3 Å². The van der Waals surface area contributed by atoms with Crippen molar-refractivity contribution in [1.29, 1.82) is 0 Å². The summed E-state index contributed by atoms with van der Waals surface area (Å²) in [6.07, 6.45) is 3.14. The minimum Gasteiger partial charge on any atom is -0.310 e. The summed E-state index contributed by atoms with van der Waals surface area (Å²) < 4.78 is 0. The molecule has 0 saturated heterocycles. The highest BCUT2D eigenvalue weighted by atomic mass is 32.1. The summed E-state index contributed by atoms with van der Waals surface area (Å²) in [4.78, 5) is 5.60. The van der Waals surface area contributed by atoms with Crippen LogP contribution in [0.5, 0.6) is 0 Å². The molecule has 0 atom stereocenters. The number of hydrogen-bond donors (Lipinski definition) is 1. The van der Waals surface area contributed by atoms with Crippen LogP contribution in [0.25, 0.3) is 0 Å². The van der Waals surface area contributed by atoms with E-state index in [9.17, 15) is 0 Å². The molecule has 0 radical (unpaired) electrons. The predicted octanol–water partition coefficient (Wildman–Crippen LogP) is 2.98. The average Bonchev–Trinajstić information content (AvgIpc) is 2.44. The molecule has 1 N–H and O–H groups in total. The Kier molecular flexibility index (Phi) is 4.08. The summed E-state index contributed by atoms with van der Waals surface area (Å²) in [5, 5.41) is 4.61. The third kappa shape index (κ3) is 4.72. The standard InChI is InChI=1S/C11H20N2S/c1-9-7-13-10(14-9)8-12-6-5-11(2,3)4/h7,12H,5-6,8H2,1-4H3. The van der Waals surface area contributed by atoms with Crippen LogP contribution in [-0.2, 0) is 6.54 Å². The predicted molar refractivity (Wildman–Crippen MR) is 62.6 cm³/mol. The molecule has 0 saturated carbocycles. The minimum absolute atomic E-state index is 0.422. The molecule has 1 rings (SSSR count). The molecule has 0 fully saturated rings. The van der Waals surface area contributed by atoms with Gasteiger partial charge in [-0.05, 0) is 25.3 Å². The molecule has 14 heavy (non-hydrogen) atoms. The second kappa shape index (κ2) is 4.89. The lowest BCUT2D eigenvalue weighted by Crippen LogP contribution is -2.20. The van der Waals surface area contributed by atoms with E-state index in [1.54, 1.807) is 11.3 Å². The molecule has 2 nitrogen and oxygen atoms in total. The quantitative estimate of drug-likeness (QED) is 0.776. The van der Waals surface area contributed by atoms with Crippen molar-refractivity contribution in [3.05, 3.63) is 16.1 Å². The summed E-state index contributed by atoms with van der Waals surface area (Å²) in [6.45, 7) is 10.9. The van der Waals surface area contributed by atoms with E-state index >= 15 is 0 Å². The van der Waals surface area contributed by atoms with Gasteiger partial charge >= 0.3 is 0 Å². The molecule has 0 unspecified atom stereocenters. The van der Waals surface area contributed by atoms with Crippen LogP contribution in [0.15, 0.2) is 6.20 Å². The Morgan fingerprint density at radius 1 is 1.43 bits per heavy atom. The molecule has 0 aliphatic rings. The van der Waals surface area contributed by atoms with Crippen LogP contribution < -0.4 is 5.32 Å². The molecule has 0 aromatic carbocycles. The second-order valence-corrected chi connectivity index (χ2v) is 6.17. The lowest BCUT2D eigenvalue weighted by Gasteiger charge is -2.17. The van der Waals surface area contributed by atoms with Crippen LogP contribution in [-0.4, -0.2) is 11.5 Å². The highest BCUT2D eigenvalue weighted by molar-refractivity contribution is 7.11. The number of nitrogens with zero attached hydrogens (tertiary/aromatic N) is 1. The summed E-state index contributed by atoms with van der Waals surface area (Å²) >= 11 is 1.77. The number of rotatable bonds is 4. The van der Waals surface area contributed by atoms with E-state index < -0.39 is 0 Å². The van der Waals surface area contributed by atoms with Gasteiger partial charge in [-0.15, -0.1) is 11.3 Å². The largest absolute Gasteiger partial charge is 0.310 e. The zero-order valence-corrected chi connectivity index (χ0v) is 10.4. The summed E-state index contributed by atoms with van der Waals surface area (Å²) in [5.74, 6) is 0. The van der Waals surface area contributed by atoms with E-state index in [4.69, 9.17) is 0 Å². The van der Waals surface area contributed by atoms with Gasteiger partial charge in [0.2, 0.25) is 0 Å². The van der Waals surface area contributed by atoms with Crippen LogP contribution in [0.3, 0.4) is 0 Å². The lowest BCUT2D eigenvalue weighted by atomic mass is 9.92. The maximum atomic E-state index is 4.31. The van der Waals surface area contributed by atoms with Crippen LogP contribution in [0.2, 0.25) is 0 Å². The van der Waals surface area contributed by atoms with Gasteiger partial charge in [0.25, 0.3) is 0 Å². The van der Waals surface area contributed by atoms with Gasteiger partial charge in [-0.25, -0.2) is 4.98 Å². The molecular formula is C11H20N2S. The third-order valence-corrected chi connectivity index (χ3v) is 2.91. The number of nitrogens with one attached hydrogen (secondary N) is 1. The Balaban J connectivity index is 2.16. The van der Waals surface area contributed by atoms with E-state index in [1.807, 2.05) is 6.20 Å². The van der Waals surface area contributed by atoms with Crippen molar-refractivity contribution >= 4 is 11.3 Å². The molecule has 0 aliphatic carbocycles.